The van der Waals surface area contributed by atoms with Crippen molar-refractivity contribution in [3.05, 3.63) is 83.5 Å². The van der Waals surface area contributed by atoms with Gasteiger partial charge in [-0.15, -0.1) is 0 Å². The van der Waals surface area contributed by atoms with Gasteiger partial charge in [-0.3, -0.25) is 4.79 Å². The summed E-state index contributed by atoms with van der Waals surface area (Å²) in [5, 5.41) is 0.690. The molecule has 1 aliphatic heterocycles. The van der Waals surface area contributed by atoms with Crippen LogP contribution in [0.5, 0.6) is 5.75 Å². The van der Waals surface area contributed by atoms with Crippen LogP contribution in [0.2, 0.25) is 0 Å². The first-order chi connectivity index (χ1) is 15.6. The Morgan fingerprint density at radius 1 is 1.28 bits per heavy atom. The summed E-state index contributed by atoms with van der Waals surface area (Å²) < 4.78 is 25.0. The molecule has 6 nitrogen and oxygen atoms in total. The fraction of sp³-hybridized carbons (Fsp3) is 0.280. The number of methoxy groups -OCH3 is 1. The number of oxazole rings is 1. The van der Waals surface area contributed by atoms with Gasteiger partial charge in [0.1, 0.15) is 23.0 Å². The number of aromatic amines is 1. The Hall–Kier alpha value is -3.61. The Bertz CT molecular complexity index is 1260. The maximum absolute atomic E-state index is 13.5. The van der Waals surface area contributed by atoms with E-state index in [1.807, 2.05) is 29.2 Å². The Balaban J connectivity index is 1.30. The molecule has 1 unspecified atom stereocenters. The van der Waals surface area contributed by atoms with Crippen LogP contribution < -0.4 is 4.74 Å². The van der Waals surface area contributed by atoms with Gasteiger partial charge in [0, 0.05) is 36.0 Å². The minimum Gasteiger partial charge on any atom is -0.496 e. The molecule has 2 aromatic heterocycles. The van der Waals surface area contributed by atoms with Gasteiger partial charge in [-0.1, -0.05) is 18.2 Å². The Labute approximate surface area is 185 Å². The summed E-state index contributed by atoms with van der Waals surface area (Å²) in [6, 6.07) is 14.0. The van der Waals surface area contributed by atoms with Crippen molar-refractivity contribution in [3.8, 4) is 5.75 Å². The fourth-order valence-corrected chi connectivity index (χ4v) is 4.38. The second-order valence-corrected chi connectivity index (χ2v) is 8.16. The third-order valence-corrected chi connectivity index (χ3v) is 6.00. The van der Waals surface area contributed by atoms with E-state index in [1.54, 1.807) is 25.4 Å². The Morgan fingerprint density at radius 3 is 3.03 bits per heavy atom. The maximum atomic E-state index is 13.5. The molecule has 1 saturated heterocycles. The fourth-order valence-electron chi connectivity index (χ4n) is 4.38. The summed E-state index contributed by atoms with van der Waals surface area (Å²) in [7, 11) is 1.65. The number of likely N-dealkylation sites (tertiary alicyclic amines) is 1. The van der Waals surface area contributed by atoms with E-state index in [1.165, 1.54) is 12.1 Å². The first kappa shape index (κ1) is 20.3. The number of H-pyrrole nitrogens is 1. The Morgan fingerprint density at radius 2 is 2.16 bits per heavy atom. The van der Waals surface area contributed by atoms with Crippen LogP contribution in [-0.2, 0) is 6.42 Å². The van der Waals surface area contributed by atoms with E-state index in [9.17, 15) is 9.18 Å². The summed E-state index contributed by atoms with van der Waals surface area (Å²) in [5.41, 5.74) is 2.25. The minimum absolute atomic E-state index is 0.0425. The lowest BCUT2D eigenvalue weighted by Gasteiger charge is -2.31. The highest BCUT2D eigenvalue weighted by molar-refractivity contribution is 5.98. The number of para-hydroxylation sites is 1. The molecule has 0 saturated carbocycles. The largest absolute Gasteiger partial charge is 0.496 e. The summed E-state index contributed by atoms with van der Waals surface area (Å²) in [6.45, 7) is 1.21. The second kappa shape index (κ2) is 8.49. The molecule has 1 aliphatic rings. The van der Waals surface area contributed by atoms with Crippen molar-refractivity contribution in [2.45, 2.75) is 25.2 Å². The third kappa shape index (κ3) is 3.98. The molecule has 5 rings (SSSR count). The number of nitrogens with zero attached hydrogens (tertiary/aromatic N) is 2. The van der Waals surface area contributed by atoms with Gasteiger partial charge in [-0.05, 0) is 43.2 Å². The van der Waals surface area contributed by atoms with Crippen LogP contribution in [0.4, 0.5) is 4.39 Å². The van der Waals surface area contributed by atoms with Crippen molar-refractivity contribution in [2.75, 3.05) is 20.2 Å². The highest BCUT2D eigenvalue weighted by Gasteiger charge is 2.29. The monoisotopic (exact) mass is 433 g/mol. The average Bonchev–Trinajstić information content (AvgIpc) is 3.46. The van der Waals surface area contributed by atoms with Crippen molar-refractivity contribution < 1.29 is 18.3 Å². The molecule has 1 N–H and O–H groups in total. The molecule has 1 fully saturated rings. The highest BCUT2D eigenvalue weighted by atomic mass is 19.1. The first-order valence-electron chi connectivity index (χ1n) is 10.7. The lowest BCUT2D eigenvalue weighted by Crippen LogP contribution is -2.39. The van der Waals surface area contributed by atoms with Crippen molar-refractivity contribution in [3.63, 3.8) is 0 Å². The quantitative estimate of drug-likeness (QED) is 0.485. The number of nitrogens with one attached hydrogen (secondary N) is 1. The molecule has 0 aliphatic carbocycles. The van der Waals surface area contributed by atoms with Gasteiger partial charge in [0.05, 0.1) is 19.2 Å². The van der Waals surface area contributed by atoms with Gasteiger partial charge >= 0.3 is 0 Å². The van der Waals surface area contributed by atoms with Crippen LogP contribution in [0, 0.1) is 5.82 Å². The van der Waals surface area contributed by atoms with Crippen molar-refractivity contribution in [2.24, 2.45) is 0 Å². The number of rotatable bonds is 5. The summed E-state index contributed by atoms with van der Waals surface area (Å²) in [5.74, 6) is 1.88. The Kier molecular flexibility index (Phi) is 5.39. The van der Waals surface area contributed by atoms with Gasteiger partial charge in [0.25, 0.3) is 5.91 Å². The van der Waals surface area contributed by atoms with Crippen LogP contribution in [0.25, 0.3) is 10.9 Å². The van der Waals surface area contributed by atoms with Gasteiger partial charge < -0.3 is 19.0 Å². The molecule has 164 valence electrons. The summed E-state index contributed by atoms with van der Waals surface area (Å²) in [4.78, 5) is 22.5. The number of hydrogen-bond acceptors (Lipinski definition) is 4. The second-order valence-electron chi connectivity index (χ2n) is 8.16. The third-order valence-electron chi connectivity index (χ3n) is 6.00. The molecular weight excluding hydrogens is 409 g/mol. The molecule has 1 amide bonds. The molecule has 3 heterocycles. The molecule has 7 heteroatoms. The van der Waals surface area contributed by atoms with Gasteiger partial charge in [-0.2, -0.15) is 0 Å². The van der Waals surface area contributed by atoms with Crippen LogP contribution in [-0.4, -0.2) is 41.0 Å². The van der Waals surface area contributed by atoms with E-state index in [0.29, 0.717) is 36.5 Å². The first-order valence-corrected chi connectivity index (χ1v) is 10.7. The normalized spacial score (nSPS) is 16.4. The number of ether oxygens (including phenoxy) is 1. The summed E-state index contributed by atoms with van der Waals surface area (Å²) >= 11 is 0. The predicted octanol–water partition coefficient (Wildman–Crippen LogP) is 4.91. The van der Waals surface area contributed by atoms with Crippen molar-refractivity contribution >= 4 is 16.8 Å². The van der Waals surface area contributed by atoms with Gasteiger partial charge in [0.15, 0.2) is 5.89 Å². The number of amides is 1. The smallest absolute Gasteiger partial charge is 0.270 e. The number of benzene rings is 2. The number of carbonyl (C=O) groups excluding carboxylic acids is 1. The molecule has 0 bridgehead atoms. The lowest BCUT2D eigenvalue weighted by molar-refractivity contribution is 0.0693. The van der Waals surface area contributed by atoms with Crippen LogP contribution in [0.3, 0.4) is 0 Å². The highest BCUT2D eigenvalue weighted by Crippen LogP contribution is 2.29. The van der Waals surface area contributed by atoms with E-state index in [-0.39, 0.29) is 17.6 Å². The van der Waals surface area contributed by atoms with Gasteiger partial charge in [-0.25, -0.2) is 9.37 Å². The molecule has 0 radical (unpaired) electrons. The molecule has 32 heavy (non-hydrogen) atoms. The average molecular weight is 433 g/mol. The molecule has 0 spiro atoms. The van der Waals surface area contributed by atoms with Crippen LogP contribution in [0.15, 0.2) is 59.1 Å². The van der Waals surface area contributed by atoms with E-state index in [2.05, 4.69) is 9.97 Å². The predicted molar refractivity (Wildman–Crippen MR) is 118 cm³/mol. The molecular formula is C25H24FN3O3. The number of piperidine rings is 1. The zero-order valence-electron chi connectivity index (χ0n) is 17.8. The molecule has 4 aromatic rings. The van der Waals surface area contributed by atoms with E-state index >= 15 is 0 Å². The van der Waals surface area contributed by atoms with E-state index < -0.39 is 0 Å². The molecule has 1 atom stereocenters. The standard InChI is InChI=1S/C25H24FN3O3/c1-31-23-7-3-2-5-16(23)12-20-14-27-24(32-20)17-6-4-10-29(15-17)25(30)22-13-18-11-19(26)8-9-21(18)28-22/h2-3,5,7-9,11,13-14,17,28H,4,6,10,12,15H2,1H3. The van der Waals surface area contributed by atoms with Crippen LogP contribution in [0.1, 0.15) is 46.5 Å². The van der Waals surface area contributed by atoms with Crippen LogP contribution >= 0.6 is 0 Å². The molecule has 2 aromatic carbocycles. The number of carbonyl (C=O) groups is 1. The maximum Gasteiger partial charge on any atom is 0.270 e. The minimum atomic E-state index is -0.318. The van der Waals surface area contributed by atoms with E-state index in [0.717, 1.165) is 35.4 Å². The SMILES string of the molecule is COc1ccccc1Cc1cnc(C2CCCN(C(=O)c3cc4cc(F)ccc4[nH]3)C2)o1. The van der Waals surface area contributed by atoms with E-state index in [4.69, 9.17) is 9.15 Å². The number of halogens is 1. The zero-order valence-corrected chi connectivity index (χ0v) is 17.8. The number of hydrogen-bond donors (Lipinski definition) is 1. The topological polar surface area (TPSA) is 71.4 Å². The van der Waals surface area contributed by atoms with Gasteiger partial charge in [0.2, 0.25) is 0 Å². The number of aromatic nitrogens is 2. The lowest BCUT2D eigenvalue weighted by atomic mass is 9.97. The number of fused-ring (bicyclic) bond motifs is 1. The van der Waals surface area contributed by atoms with Crippen molar-refractivity contribution in [1.82, 2.24) is 14.9 Å². The van der Waals surface area contributed by atoms with Crippen molar-refractivity contribution in [1.29, 1.82) is 0 Å². The summed E-state index contributed by atoms with van der Waals surface area (Å²) in [6.07, 6.45) is 4.14. The zero-order chi connectivity index (χ0) is 22.1.